The molecule has 0 spiro atoms. The van der Waals surface area contributed by atoms with Crippen molar-refractivity contribution in [2.24, 2.45) is 5.92 Å². The topological polar surface area (TPSA) is 127 Å². The molecular formula is C14H20N4O5S. The van der Waals surface area contributed by atoms with Crippen molar-refractivity contribution in [3.63, 3.8) is 0 Å². The Morgan fingerprint density at radius 1 is 1.33 bits per heavy atom. The summed E-state index contributed by atoms with van der Waals surface area (Å²) < 4.78 is 23.9. The van der Waals surface area contributed by atoms with Crippen LogP contribution in [0.15, 0.2) is 16.9 Å². The van der Waals surface area contributed by atoms with E-state index in [1.165, 1.54) is 16.8 Å². The lowest BCUT2D eigenvalue weighted by atomic mass is 10.1. The molecule has 2 heterocycles. The summed E-state index contributed by atoms with van der Waals surface area (Å²) in [5.74, 6) is -1.24. The van der Waals surface area contributed by atoms with Gasteiger partial charge in [-0.3, -0.25) is 25.2 Å². The Kier molecular flexibility index (Phi) is 5.71. The number of hydrazine groups is 1. The summed E-state index contributed by atoms with van der Waals surface area (Å²) in [6.45, 7) is 2.27. The average molecular weight is 356 g/mol. The molecule has 1 atom stereocenters. The Balaban J connectivity index is 1.87. The predicted molar refractivity (Wildman–Crippen MR) is 85.8 cm³/mol. The Bertz CT molecular complexity index is 787. The van der Waals surface area contributed by atoms with Crippen molar-refractivity contribution in [1.82, 2.24) is 20.6 Å². The standard InChI is InChI=1S/C14H20N4O5S/c1-2-6-18-13(20)4-3-11(17-18)14(21)16-15-12(19)8-10-5-7-24(22,23)9-10/h3-4,10H,2,5-9H2,1H3,(H,15,19)(H,16,21). The molecule has 10 heteroatoms. The lowest BCUT2D eigenvalue weighted by Gasteiger charge is -2.10. The van der Waals surface area contributed by atoms with Crippen LogP contribution < -0.4 is 16.4 Å². The van der Waals surface area contributed by atoms with Crippen molar-refractivity contribution in [3.05, 3.63) is 28.2 Å². The highest BCUT2D eigenvalue weighted by Crippen LogP contribution is 2.21. The van der Waals surface area contributed by atoms with Crippen molar-refractivity contribution in [2.45, 2.75) is 32.7 Å². The molecule has 2 rings (SSSR count). The molecule has 1 aromatic heterocycles. The van der Waals surface area contributed by atoms with Crippen LogP contribution in [0.2, 0.25) is 0 Å². The van der Waals surface area contributed by atoms with Crippen LogP contribution in [0.5, 0.6) is 0 Å². The van der Waals surface area contributed by atoms with Crippen LogP contribution >= 0.6 is 0 Å². The first-order chi connectivity index (χ1) is 11.3. The maximum Gasteiger partial charge on any atom is 0.290 e. The number of amides is 2. The second-order valence-electron chi connectivity index (χ2n) is 5.76. The number of rotatable bonds is 5. The van der Waals surface area contributed by atoms with Gasteiger partial charge < -0.3 is 0 Å². The van der Waals surface area contributed by atoms with Gasteiger partial charge in [-0.25, -0.2) is 13.1 Å². The Morgan fingerprint density at radius 2 is 2.08 bits per heavy atom. The van der Waals surface area contributed by atoms with E-state index < -0.39 is 21.7 Å². The predicted octanol–water partition coefficient (Wildman–Crippen LogP) is -0.761. The zero-order chi connectivity index (χ0) is 17.7. The molecule has 0 aliphatic carbocycles. The molecule has 0 saturated carbocycles. The van der Waals surface area contributed by atoms with Crippen molar-refractivity contribution in [1.29, 1.82) is 0 Å². The molecule has 1 unspecified atom stereocenters. The number of hydrogen-bond donors (Lipinski definition) is 2. The summed E-state index contributed by atoms with van der Waals surface area (Å²) in [5.41, 5.74) is 4.16. The first-order valence-electron chi connectivity index (χ1n) is 7.68. The number of carbonyl (C=O) groups excluding carboxylic acids is 2. The van der Waals surface area contributed by atoms with Gasteiger partial charge >= 0.3 is 0 Å². The van der Waals surface area contributed by atoms with Gasteiger partial charge in [0.1, 0.15) is 0 Å². The molecule has 1 aliphatic rings. The highest BCUT2D eigenvalue weighted by molar-refractivity contribution is 7.91. The summed E-state index contributed by atoms with van der Waals surface area (Å²) >= 11 is 0. The number of aryl methyl sites for hydroxylation is 1. The molecule has 0 radical (unpaired) electrons. The molecule has 0 aromatic carbocycles. The second-order valence-corrected chi connectivity index (χ2v) is 7.98. The van der Waals surface area contributed by atoms with Crippen molar-refractivity contribution in [2.75, 3.05) is 11.5 Å². The van der Waals surface area contributed by atoms with Crippen molar-refractivity contribution in [3.8, 4) is 0 Å². The average Bonchev–Trinajstić information content (AvgIpc) is 2.86. The fourth-order valence-corrected chi connectivity index (χ4v) is 4.34. The van der Waals surface area contributed by atoms with Crippen LogP contribution in [-0.4, -0.2) is 41.5 Å². The van der Waals surface area contributed by atoms with E-state index in [1.54, 1.807) is 0 Å². The summed E-state index contributed by atoms with van der Waals surface area (Å²) in [4.78, 5) is 35.3. The SMILES string of the molecule is CCCn1nc(C(=O)NNC(=O)CC2CCS(=O)(=O)C2)ccc1=O. The van der Waals surface area contributed by atoms with E-state index in [2.05, 4.69) is 16.0 Å². The summed E-state index contributed by atoms with van der Waals surface area (Å²) in [6, 6.07) is 2.52. The van der Waals surface area contributed by atoms with E-state index in [9.17, 15) is 22.8 Å². The number of nitrogens with zero attached hydrogens (tertiary/aromatic N) is 2. The van der Waals surface area contributed by atoms with Gasteiger partial charge in [0.05, 0.1) is 11.5 Å². The highest BCUT2D eigenvalue weighted by Gasteiger charge is 2.29. The summed E-state index contributed by atoms with van der Waals surface area (Å²) in [6.07, 6.45) is 1.18. The zero-order valence-corrected chi connectivity index (χ0v) is 14.1. The number of hydrogen-bond acceptors (Lipinski definition) is 6. The molecule has 1 aromatic rings. The largest absolute Gasteiger partial charge is 0.290 e. The van der Waals surface area contributed by atoms with Crippen LogP contribution in [0.1, 0.15) is 36.7 Å². The number of nitrogens with one attached hydrogen (secondary N) is 2. The fourth-order valence-electron chi connectivity index (χ4n) is 2.48. The van der Waals surface area contributed by atoms with Gasteiger partial charge in [0.25, 0.3) is 11.5 Å². The Hall–Kier alpha value is -2.23. The Morgan fingerprint density at radius 3 is 2.71 bits per heavy atom. The maximum absolute atomic E-state index is 12.0. The monoisotopic (exact) mass is 356 g/mol. The van der Waals surface area contributed by atoms with Crippen LogP contribution in [0.25, 0.3) is 0 Å². The quantitative estimate of drug-likeness (QED) is 0.668. The summed E-state index contributed by atoms with van der Waals surface area (Å²) in [7, 11) is -3.04. The van der Waals surface area contributed by atoms with Crippen LogP contribution in [0.3, 0.4) is 0 Å². The first-order valence-corrected chi connectivity index (χ1v) is 9.50. The lowest BCUT2D eigenvalue weighted by molar-refractivity contribution is -0.122. The molecule has 132 valence electrons. The third kappa shape index (κ3) is 4.88. The molecule has 1 aliphatic heterocycles. The van der Waals surface area contributed by atoms with Gasteiger partial charge in [-0.2, -0.15) is 5.10 Å². The van der Waals surface area contributed by atoms with E-state index in [1.807, 2.05) is 6.92 Å². The van der Waals surface area contributed by atoms with Gasteiger partial charge in [0, 0.05) is 19.0 Å². The van der Waals surface area contributed by atoms with Crippen molar-refractivity contribution < 1.29 is 18.0 Å². The molecule has 1 saturated heterocycles. The lowest BCUT2D eigenvalue weighted by Crippen LogP contribution is -2.43. The van der Waals surface area contributed by atoms with Crippen LogP contribution in [0, 0.1) is 5.92 Å². The van der Waals surface area contributed by atoms with Gasteiger partial charge in [-0.05, 0) is 24.8 Å². The van der Waals surface area contributed by atoms with Gasteiger partial charge in [0.15, 0.2) is 15.5 Å². The molecule has 24 heavy (non-hydrogen) atoms. The third-order valence-electron chi connectivity index (χ3n) is 3.65. The van der Waals surface area contributed by atoms with Gasteiger partial charge in [-0.15, -0.1) is 0 Å². The molecular weight excluding hydrogens is 336 g/mol. The second kappa shape index (κ2) is 7.56. The maximum atomic E-state index is 12.0. The van der Waals surface area contributed by atoms with E-state index in [0.29, 0.717) is 19.4 Å². The normalized spacial score (nSPS) is 19.0. The number of sulfone groups is 1. The van der Waals surface area contributed by atoms with Gasteiger partial charge in [0.2, 0.25) is 5.91 Å². The smallest absolute Gasteiger partial charge is 0.273 e. The minimum atomic E-state index is -3.04. The Labute approximate surface area is 139 Å². The molecule has 2 N–H and O–H groups in total. The van der Waals surface area contributed by atoms with E-state index in [-0.39, 0.29) is 35.1 Å². The molecule has 1 fully saturated rings. The van der Waals surface area contributed by atoms with E-state index in [0.717, 1.165) is 0 Å². The molecule has 0 bridgehead atoms. The first kappa shape index (κ1) is 18.1. The van der Waals surface area contributed by atoms with E-state index in [4.69, 9.17) is 0 Å². The fraction of sp³-hybridized carbons (Fsp3) is 0.571. The molecule has 2 amide bonds. The third-order valence-corrected chi connectivity index (χ3v) is 5.49. The number of carbonyl (C=O) groups is 2. The van der Waals surface area contributed by atoms with Crippen LogP contribution in [-0.2, 0) is 21.2 Å². The highest BCUT2D eigenvalue weighted by atomic mass is 32.2. The molecule has 9 nitrogen and oxygen atoms in total. The summed E-state index contributed by atoms with van der Waals surface area (Å²) in [5, 5.41) is 3.92. The minimum absolute atomic E-state index is 0.00208. The number of aromatic nitrogens is 2. The van der Waals surface area contributed by atoms with E-state index >= 15 is 0 Å². The zero-order valence-electron chi connectivity index (χ0n) is 13.3. The minimum Gasteiger partial charge on any atom is -0.273 e. The van der Waals surface area contributed by atoms with Crippen LogP contribution in [0.4, 0.5) is 0 Å². The van der Waals surface area contributed by atoms with Crippen molar-refractivity contribution >= 4 is 21.7 Å². The van der Waals surface area contributed by atoms with Gasteiger partial charge in [-0.1, -0.05) is 6.92 Å².